The molecule has 156 valence electrons. The molecule has 0 atom stereocenters. The standard InChI is InChI=1S/C22H22BrN3O3S/c1-3-12-26(22-25-19(14-30-22)15-8-7-9-16(23)13-15)21(28)24-18-11-6-5-10-17(18)20(27)29-4-2/h5-11,13-14H,3-4,12H2,1-2H3,(H,24,28). The van der Waals surface area contributed by atoms with Crippen molar-refractivity contribution >= 4 is 50.1 Å². The van der Waals surface area contributed by atoms with Crippen LogP contribution in [0.25, 0.3) is 11.3 Å². The number of urea groups is 1. The quantitative estimate of drug-likeness (QED) is 0.402. The molecule has 1 heterocycles. The molecule has 30 heavy (non-hydrogen) atoms. The number of rotatable bonds is 7. The molecule has 0 aliphatic carbocycles. The summed E-state index contributed by atoms with van der Waals surface area (Å²) in [6.45, 7) is 4.50. The van der Waals surface area contributed by atoms with Crippen molar-refractivity contribution in [3.05, 3.63) is 63.9 Å². The van der Waals surface area contributed by atoms with Crippen LogP contribution in [0.5, 0.6) is 0 Å². The lowest BCUT2D eigenvalue weighted by Gasteiger charge is -2.20. The zero-order valence-corrected chi connectivity index (χ0v) is 19.1. The van der Waals surface area contributed by atoms with Gasteiger partial charge in [0.15, 0.2) is 5.13 Å². The maximum atomic E-state index is 13.1. The van der Waals surface area contributed by atoms with Gasteiger partial charge in [-0.1, -0.05) is 47.1 Å². The Labute approximate surface area is 188 Å². The average molecular weight is 488 g/mol. The van der Waals surface area contributed by atoms with E-state index in [4.69, 9.17) is 4.74 Å². The van der Waals surface area contributed by atoms with E-state index in [-0.39, 0.29) is 12.6 Å². The van der Waals surface area contributed by atoms with Crippen molar-refractivity contribution in [1.29, 1.82) is 0 Å². The van der Waals surface area contributed by atoms with Crippen LogP contribution in [0.15, 0.2) is 58.4 Å². The van der Waals surface area contributed by atoms with Gasteiger partial charge in [0.1, 0.15) is 0 Å². The highest BCUT2D eigenvalue weighted by atomic mass is 79.9. The zero-order valence-electron chi connectivity index (χ0n) is 16.7. The number of benzene rings is 2. The predicted molar refractivity (Wildman–Crippen MR) is 124 cm³/mol. The number of esters is 1. The van der Waals surface area contributed by atoms with Crippen molar-refractivity contribution in [3.8, 4) is 11.3 Å². The van der Waals surface area contributed by atoms with Crippen molar-refractivity contribution in [2.24, 2.45) is 0 Å². The van der Waals surface area contributed by atoms with Gasteiger partial charge >= 0.3 is 12.0 Å². The second-order valence-corrected chi connectivity index (χ2v) is 8.13. The highest BCUT2D eigenvalue weighted by Gasteiger charge is 2.21. The van der Waals surface area contributed by atoms with Crippen LogP contribution in [0.3, 0.4) is 0 Å². The van der Waals surface area contributed by atoms with E-state index < -0.39 is 5.97 Å². The Morgan fingerprint density at radius 2 is 1.97 bits per heavy atom. The van der Waals surface area contributed by atoms with Gasteiger partial charge in [0.05, 0.1) is 23.6 Å². The molecule has 0 aliphatic heterocycles. The number of halogens is 1. The van der Waals surface area contributed by atoms with Crippen LogP contribution in [0.4, 0.5) is 15.6 Å². The molecule has 0 fully saturated rings. The Hall–Kier alpha value is -2.71. The topological polar surface area (TPSA) is 71.5 Å². The van der Waals surface area contributed by atoms with E-state index in [1.54, 1.807) is 36.1 Å². The van der Waals surface area contributed by atoms with Gasteiger partial charge in [0.25, 0.3) is 0 Å². The van der Waals surface area contributed by atoms with Gasteiger partial charge in [-0.15, -0.1) is 11.3 Å². The van der Waals surface area contributed by atoms with Crippen LogP contribution in [0.1, 0.15) is 30.6 Å². The maximum Gasteiger partial charge on any atom is 0.340 e. The zero-order chi connectivity index (χ0) is 21.5. The number of hydrogen-bond donors (Lipinski definition) is 1. The number of carbonyl (C=O) groups excluding carboxylic acids is 2. The first kappa shape index (κ1) is 22.0. The van der Waals surface area contributed by atoms with Gasteiger partial charge in [-0.05, 0) is 37.6 Å². The monoisotopic (exact) mass is 487 g/mol. The first-order valence-electron chi connectivity index (χ1n) is 9.59. The lowest BCUT2D eigenvalue weighted by atomic mass is 10.2. The van der Waals surface area contributed by atoms with E-state index in [2.05, 4.69) is 26.2 Å². The molecular formula is C22H22BrN3O3S. The van der Waals surface area contributed by atoms with Crippen LogP contribution in [0.2, 0.25) is 0 Å². The fourth-order valence-corrected chi connectivity index (χ4v) is 4.10. The van der Waals surface area contributed by atoms with Crippen molar-refractivity contribution < 1.29 is 14.3 Å². The lowest BCUT2D eigenvalue weighted by molar-refractivity contribution is 0.0527. The first-order valence-corrected chi connectivity index (χ1v) is 11.3. The number of para-hydroxylation sites is 1. The second-order valence-electron chi connectivity index (χ2n) is 6.37. The van der Waals surface area contributed by atoms with E-state index in [1.807, 2.05) is 36.6 Å². The normalized spacial score (nSPS) is 10.5. The number of anilines is 2. The molecule has 6 nitrogen and oxygen atoms in total. The molecule has 0 unspecified atom stereocenters. The van der Waals surface area contributed by atoms with Gasteiger partial charge in [0.2, 0.25) is 0 Å². The molecule has 2 aromatic carbocycles. The van der Waals surface area contributed by atoms with Crippen LogP contribution in [-0.4, -0.2) is 30.1 Å². The number of amides is 2. The summed E-state index contributed by atoms with van der Waals surface area (Å²) in [4.78, 5) is 31.5. The minimum atomic E-state index is -0.471. The minimum absolute atomic E-state index is 0.264. The maximum absolute atomic E-state index is 13.1. The molecule has 3 aromatic rings. The minimum Gasteiger partial charge on any atom is -0.462 e. The summed E-state index contributed by atoms with van der Waals surface area (Å²) in [6, 6.07) is 14.3. The predicted octanol–water partition coefficient (Wildman–Crippen LogP) is 6.20. The fraction of sp³-hybridized carbons (Fsp3) is 0.227. The smallest absolute Gasteiger partial charge is 0.340 e. The molecule has 3 rings (SSSR count). The number of aromatic nitrogens is 1. The summed E-state index contributed by atoms with van der Waals surface area (Å²) in [7, 11) is 0. The Bertz CT molecular complexity index is 1040. The summed E-state index contributed by atoms with van der Waals surface area (Å²) in [5.41, 5.74) is 2.50. The summed E-state index contributed by atoms with van der Waals surface area (Å²) >= 11 is 4.88. The summed E-state index contributed by atoms with van der Waals surface area (Å²) in [6.07, 6.45) is 0.763. The van der Waals surface area contributed by atoms with E-state index >= 15 is 0 Å². The van der Waals surface area contributed by atoms with Crippen LogP contribution < -0.4 is 10.2 Å². The molecular weight excluding hydrogens is 466 g/mol. The third-order valence-electron chi connectivity index (χ3n) is 4.20. The number of carbonyl (C=O) groups is 2. The number of ether oxygens (including phenoxy) is 1. The Balaban J connectivity index is 1.84. The van der Waals surface area contributed by atoms with Crippen molar-refractivity contribution in [2.45, 2.75) is 20.3 Å². The molecule has 1 aromatic heterocycles. The molecule has 0 aliphatic rings. The first-order chi connectivity index (χ1) is 14.5. The lowest BCUT2D eigenvalue weighted by Crippen LogP contribution is -2.36. The van der Waals surface area contributed by atoms with Crippen LogP contribution in [0, 0.1) is 0 Å². The van der Waals surface area contributed by atoms with Gasteiger partial charge in [-0.2, -0.15) is 0 Å². The van der Waals surface area contributed by atoms with E-state index in [0.717, 1.165) is 22.2 Å². The largest absolute Gasteiger partial charge is 0.462 e. The van der Waals surface area contributed by atoms with Gasteiger partial charge < -0.3 is 10.1 Å². The van der Waals surface area contributed by atoms with Gasteiger partial charge in [-0.3, -0.25) is 4.90 Å². The number of nitrogens with one attached hydrogen (secondary N) is 1. The number of hydrogen-bond acceptors (Lipinski definition) is 5. The van der Waals surface area contributed by atoms with Crippen molar-refractivity contribution in [2.75, 3.05) is 23.4 Å². The summed E-state index contributed by atoms with van der Waals surface area (Å²) < 4.78 is 6.05. The highest BCUT2D eigenvalue weighted by Crippen LogP contribution is 2.29. The molecule has 0 radical (unpaired) electrons. The third-order valence-corrected chi connectivity index (χ3v) is 5.56. The second kappa shape index (κ2) is 10.4. The van der Waals surface area contributed by atoms with Crippen molar-refractivity contribution in [1.82, 2.24) is 4.98 Å². The molecule has 0 saturated carbocycles. The summed E-state index contributed by atoms with van der Waals surface area (Å²) in [5.74, 6) is -0.471. The molecule has 0 bridgehead atoms. The van der Waals surface area contributed by atoms with Gasteiger partial charge in [0, 0.05) is 22.0 Å². The van der Waals surface area contributed by atoms with E-state index in [0.29, 0.717) is 22.9 Å². The SMILES string of the molecule is CCCN(C(=O)Nc1ccccc1C(=O)OCC)c1nc(-c2cccc(Br)c2)cs1. The average Bonchev–Trinajstić information content (AvgIpc) is 3.22. The van der Waals surface area contributed by atoms with Crippen LogP contribution >= 0.6 is 27.3 Å². The molecule has 0 saturated heterocycles. The fourth-order valence-electron chi connectivity index (χ4n) is 2.84. The number of nitrogens with zero attached hydrogens (tertiary/aromatic N) is 2. The number of thiazole rings is 1. The third kappa shape index (κ3) is 5.25. The van der Waals surface area contributed by atoms with Crippen molar-refractivity contribution in [3.63, 3.8) is 0 Å². The molecule has 2 amide bonds. The highest BCUT2D eigenvalue weighted by molar-refractivity contribution is 9.10. The van der Waals surface area contributed by atoms with E-state index in [1.165, 1.54) is 11.3 Å². The molecule has 8 heteroatoms. The Kier molecular flexibility index (Phi) is 7.59. The Morgan fingerprint density at radius 3 is 2.70 bits per heavy atom. The summed E-state index contributed by atoms with van der Waals surface area (Å²) in [5, 5.41) is 5.36. The van der Waals surface area contributed by atoms with E-state index in [9.17, 15) is 9.59 Å². The Morgan fingerprint density at radius 1 is 1.17 bits per heavy atom. The van der Waals surface area contributed by atoms with Gasteiger partial charge in [-0.25, -0.2) is 14.6 Å². The van der Waals surface area contributed by atoms with Crippen LogP contribution in [-0.2, 0) is 4.74 Å². The molecule has 1 N–H and O–H groups in total. The molecule has 0 spiro atoms.